The molecule has 84 valence electrons. The second kappa shape index (κ2) is 4.75. The van der Waals surface area contributed by atoms with E-state index in [0.717, 1.165) is 6.54 Å². The molecule has 0 bridgehead atoms. The molecular weight excluding hydrogens is 186 g/mol. The Morgan fingerprint density at radius 3 is 2.07 bits per heavy atom. The molecule has 2 heteroatoms. The standard InChI is InChI=1S/C13H22NO/c1-7-14-12(5)10(3)9(2)11(4)13(14)8-15-6/h7-8H2,1-6H3/q+1. The van der Waals surface area contributed by atoms with Gasteiger partial charge in [-0.3, -0.25) is 0 Å². The van der Waals surface area contributed by atoms with Gasteiger partial charge in [-0.15, -0.1) is 0 Å². The average Bonchev–Trinajstić information content (AvgIpc) is 2.24. The van der Waals surface area contributed by atoms with Crippen molar-refractivity contribution in [2.75, 3.05) is 7.11 Å². The molecule has 0 saturated heterocycles. The van der Waals surface area contributed by atoms with Crippen LogP contribution in [0.4, 0.5) is 0 Å². The van der Waals surface area contributed by atoms with Crippen LogP contribution >= 0.6 is 0 Å². The summed E-state index contributed by atoms with van der Waals surface area (Å²) in [6.07, 6.45) is 0. The van der Waals surface area contributed by atoms with Gasteiger partial charge in [-0.1, -0.05) is 0 Å². The maximum absolute atomic E-state index is 5.28. The van der Waals surface area contributed by atoms with Gasteiger partial charge in [0, 0.05) is 25.2 Å². The second-order valence-electron chi connectivity index (χ2n) is 4.08. The molecule has 15 heavy (non-hydrogen) atoms. The normalized spacial score (nSPS) is 10.8. The highest BCUT2D eigenvalue weighted by Gasteiger charge is 2.20. The number of pyridine rings is 1. The van der Waals surface area contributed by atoms with Crippen LogP contribution in [-0.4, -0.2) is 7.11 Å². The zero-order chi connectivity index (χ0) is 11.6. The lowest BCUT2D eigenvalue weighted by Gasteiger charge is -2.13. The predicted octanol–water partition coefficient (Wildman–Crippen LogP) is 2.37. The fourth-order valence-electron chi connectivity index (χ4n) is 2.13. The van der Waals surface area contributed by atoms with Crippen molar-refractivity contribution in [3.8, 4) is 0 Å². The molecular formula is C13H22NO+. The van der Waals surface area contributed by atoms with Crippen molar-refractivity contribution in [3.05, 3.63) is 28.1 Å². The summed E-state index contributed by atoms with van der Waals surface area (Å²) in [7, 11) is 1.75. The first-order valence-electron chi connectivity index (χ1n) is 5.52. The Kier molecular flexibility index (Phi) is 3.86. The summed E-state index contributed by atoms with van der Waals surface area (Å²) in [5.41, 5.74) is 6.81. The number of aromatic nitrogens is 1. The largest absolute Gasteiger partial charge is 0.374 e. The lowest BCUT2D eigenvalue weighted by molar-refractivity contribution is -0.709. The number of hydrogen-bond acceptors (Lipinski definition) is 1. The summed E-state index contributed by atoms with van der Waals surface area (Å²) < 4.78 is 7.63. The predicted molar refractivity (Wildman–Crippen MR) is 62.0 cm³/mol. The van der Waals surface area contributed by atoms with Gasteiger partial charge < -0.3 is 4.74 Å². The number of methoxy groups -OCH3 is 1. The molecule has 0 radical (unpaired) electrons. The van der Waals surface area contributed by atoms with Gasteiger partial charge in [0.15, 0.2) is 5.69 Å². The van der Waals surface area contributed by atoms with Gasteiger partial charge in [-0.2, -0.15) is 4.57 Å². The molecule has 0 fully saturated rings. The monoisotopic (exact) mass is 208 g/mol. The zero-order valence-corrected chi connectivity index (χ0v) is 10.8. The molecule has 2 nitrogen and oxygen atoms in total. The van der Waals surface area contributed by atoms with Crippen LogP contribution in [0.5, 0.6) is 0 Å². The molecule has 0 aliphatic heterocycles. The van der Waals surface area contributed by atoms with Gasteiger partial charge in [-0.25, -0.2) is 0 Å². The lowest BCUT2D eigenvalue weighted by Crippen LogP contribution is -2.42. The number of nitrogens with zero attached hydrogens (tertiary/aromatic N) is 1. The van der Waals surface area contributed by atoms with Gasteiger partial charge in [0.1, 0.15) is 13.2 Å². The minimum absolute atomic E-state index is 0.696. The smallest absolute Gasteiger partial charge is 0.210 e. The Hall–Kier alpha value is -0.890. The van der Waals surface area contributed by atoms with E-state index in [1.54, 1.807) is 7.11 Å². The van der Waals surface area contributed by atoms with Crippen molar-refractivity contribution in [1.29, 1.82) is 0 Å². The Morgan fingerprint density at radius 1 is 1.00 bits per heavy atom. The van der Waals surface area contributed by atoms with Crippen molar-refractivity contribution in [2.45, 2.75) is 47.8 Å². The molecule has 0 saturated carbocycles. The van der Waals surface area contributed by atoms with Crippen LogP contribution in [0, 0.1) is 27.7 Å². The SMILES string of the molecule is CC[n+]1c(C)c(C)c(C)c(C)c1COC. The molecule has 0 aliphatic rings. The van der Waals surface area contributed by atoms with E-state index in [-0.39, 0.29) is 0 Å². The highest BCUT2D eigenvalue weighted by Crippen LogP contribution is 2.17. The highest BCUT2D eigenvalue weighted by molar-refractivity contribution is 5.33. The Bertz CT molecular complexity index is 370. The van der Waals surface area contributed by atoms with E-state index in [9.17, 15) is 0 Å². The second-order valence-corrected chi connectivity index (χ2v) is 4.08. The first-order valence-corrected chi connectivity index (χ1v) is 5.52. The third-order valence-corrected chi connectivity index (χ3v) is 3.43. The first kappa shape index (κ1) is 12.2. The molecule has 1 rings (SSSR count). The van der Waals surface area contributed by atoms with E-state index >= 15 is 0 Å². The summed E-state index contributed by atoms with van der Waals surface area (Å²) in [6.45, 7) is 12.6. The third-order valence-electron chi connectivity index (χ3n) is 3.43. The van der Waals surface area contributed by atoms with Crippen molar-refractivity contribution in [1.82, 2.24) is 0 Å². The van der Waals surface area contributed by atoms with E-state index in [0.29, 0.717) is 6.61 Å². The van der Waals surface area contributed by atoms with Crippen molar-refractivity contribution < 1.29 is 9.30 Å². The van der Waals surface area contributed by atoms with Crippen LogP contribution < -0.4 is 4.57 Å². The van der Waals surface area contributed by atoms with Crippen molar-refractivity contribution >= 4 is 0 Å². The van der Waals surface area contributed by atoms with E-state index < -0.39 is 0 Å². The topological polar surface area (TPSA) is 13.1 Å². The van der Waals surface area contributed by atoms with Crippen LogP contribution in [-0.2, 0) is 17.9 Å². The minimum atomic E-state index is 0.696. The average molecular weight is 208 g/mol. The molecule has 0 N–H and O–H groups in total. The molecule has 0 spiro atoms. The molecule has 1 aromatic heterocycles. The van der Waals surface area contributed by atoms with Gasteiger partial charge >= 0.3 is 0 Å². The zero-order valence-electron chi connectivity index (χ0n) is 10.8. The molecule has 0 atom stereocenters. The molecule has 0 amide bonds. The molecule has 1 aromatic rings. The molecule has 0 aliphatic carbocycles. The van der Waals surface area contributed by atoms with E-state index in [1.807, 2.05) is 0 Å². The fraction of sp³-hybridized carbons (Fsp3) is 0.615. The summed E-state index contributed by atoms with van der Waals surface area (Å²) in [5.74, 6) is 0. The maximum Gasteiger partial charge on any atom is 0.210 e. The van der Waals surface area contributed by atoms with Crippen LogP contribution in [0.15, 0.2) is 0 Å². The summed E-state index contributed by atoms with van der Waals surface area (Å²) in [5, 5.41) is 0. The Balaban J connectivity index is 3.47. The first-order chi connectivity index (χ1) is 7.04. The Labute approximate surface area is 92.9 Å². The van der Waals surface area contributed by atoms with Gasteiger partial charge in [0.2, 0.25) is 5.69 Å². The molecule has 1 heterocycles. The van der Waals surface area contributed by atoms with Crippen LogP contribution in [0.3, 0.4) is 0 Å². The van der Waals surface area contributed by atoms with E-state index in [1.165, 1.54) is 28.1 Å². The summed E-state index contributed by atoms with van der Waals surface area (Å²) >= 11 is 0. The third kappa shape index (κ3) is 2.05. The van der Waals surface area contributed by atoms with Crippen molar-refractivity contribution in [2.24, 2.45) is 0 Å². The minimum Gasteiger partial charge on any atom is -0.374 e. The fourth-order valence-corrected chi connectivity index (χ4v) is 2.13. The van der Waals surface area contributed by atoms with Crippen LogP contribution in [0.1, 0.15) is 35.0 Å². The summed E-state index contributed by atoms with van der Waals surface area (Å²) in [4.78, 5) is 0. The highest BCUT2D eigenvalue weighted by atomic mass is 16.5. The van der Waals surface area contributed by atoms with E-state index in [4.69, 9.17) is 4.74 Å². The quantitative estimate of drug-likeness (QED) is 0.695. The lowest BCUT2D eigenvalue weighted by atomic mass is 10.0. The Morgan fingerprint density at radius 2 is 1.60 bits per heavy atom. The van der Waals surface area contributed by atoms with Gasteiger partial charge in [-0.05, 0) is 33.3 Å². The number of ether oxygens (including phenoxy) is 1. The van der Waals surface area contributed by atoms with Crippen LogP contribution in [0.2, 0.25) is 0 Å². The van der Waals surface area contributed by atoms with E-state index in [2.05, 4.69) is 39.2 Å². The van der Waals surface area contributed by atoms with Gasteiger partial charge in [0.25, 0.3) is 0 Å². The van der Waals surface area contributed by atoms with Crippen molar-refractivity contribution in [3.63, 3.8) is 0 Å². The van der Waals surface area contributed by atoms with Gasteiger partial charge in [0.05, 0.1) is 0 Å². The number of rotatable bonds is 3. The van der Waals surface area contributed by atoms with Crippen LogP contribution in [0.25, 0.3) is 0 Å². The maximum atomic E-state index is 5.28. The number of hydrogen-bond donors (Lipinski definition) is 0. The molecule has 0 unspecified atom stereocenters. The summed E-state index contributed by atoms with van der Waals surface area (Å²) in [6, 6.07) is 0. The molecule has 0 aromatic carbocycles.